The van der Waals surface area contributed by atoms with Gasteiger partial charge in [0.05, 0.1) is 18.3 Å². The Bertz CT molecular complexity index is 749. The minimum absolute atomic E-state index is 0.113. The van der Waals surface area contributed by atoms with E-state index in [-0.39, 0.29) is 16.5 Å². The van der Waals surface area contributed by atoms with Crippen LogP contribution in [-0.2, 0) is 20.1 Å². The molecule has 0 fully saturated rings. The zero-order chi connectivity index (χ0) is 14.4. The predicted molar refractivity (Wildman–Crippen MR) is 73.6 cm³/mol. The maximum absolute atomic E-state index is 12.3. The normalized spacial score (nSPS) is 13.7. The van der Waals surface area contributed by atoms with Gasteiger partial charge in [0.2, 0.25) is 0 Å². The molecule has 6 nitrogen and oxygen atoms in total. The molecule has 0 atom stereocenters. The van der Waals surface area contributed by atoms with Gasteiger partial charge in [0.1, 0.15) is 5.02 Å². The molecule has 0 radical (unpaired) electrons. The Morgan fingerprint density at radius 3 is 2.85 bits per heavy atom. The summed E-state index contributed by atoms with van der Waals surface area (Å²) in [5.41, 5.74) is 2.84. The number of rotatable bonds is 1. The molecule has 3 heterocycles. The van der Waals surface area contributed by atoms with Crippen molar-refractivity contribution in [1.29, 1.82) is 0 Å². The average molecular weight is 293 g/mol. The van der Waals surface area contributed by atoms with E-state index in [1.165, 1.54) is 10.8 Å². The molecule has 104 valence electrons. The Balaban J connectivity index is 2.01. The molecule has 20 heavy (non-hydrogen) atoms. The highest BCUT2D eigenvalue weighted by Gasteiger charge is 2.29. The van der Waals surface area contributed by atoms with Crippen molar-refractivity contribution in [3.8, 4) is 0 Å². The maximum atomic E-state index is 12.3. The van der Waals surface area contributed by atoms with Gasteiger partial charge in [0.25, 0.3) is 11.5 Å². The first kappa shape index (κ1) is 12.9. The van der Waals surface area contributed by atoms with Gasteiger partial charge in [-0.25, -0.2) is 0 Å². The molecule has 0 aromatic carbocycles. The summed E-state index contributed by atoms with van der Waals surface area (Å²) in [6.07, 6.45) is 3.05. The summed E-state index contributed by atoms with van der Waals surface area (Å²) in [5, 5.41) is 6.63. The van der Waals surface area contributed by atoms with Crippen molar-refractivity contribution in [2.45, 2.75) is 20.0 Å². The Labute approximate surface area is 120 Å². The largest absolute Gasteiger partial charge is 0.328 e. The molecule has 0 saturated carbocycles. The second kappa shape index (κ2) is 4.49. The van der Waals surface area contributed by atoms with Crippen molar-refractivity contribution in [3.05, 3.63) is 50.2 Å². The number of fused-ring (bicyclic) bond motifs is 1. The topological polar surface area (TPSA) is 71.0 Å². The van der Waals surface area contributed by atoms with Crippen LogP contribution in [0, 0.1) is 6.92 Å². The minimum atomic E-state index is -0.222. The van der Waals surface area contributed by atoms with Gasteiger partial charge >= 0.3 is 0 Å². The zero-order valence-corrected chi connectivity index (χ0v) is 11.9. The third kappa shape index (κ3) is 1.76. The number of hydrogen-bond acceptors (Lipinski definition) is 3. The maximum Gasteiger partial charge on any atom is 0.269 e. The number of aromatic amines is 1. The highest BCUT2D eigenvalue weighted by atomic mass is 35.5. The molecule has 0 bridgehead atoms. The number of hydrogen-bond donors (Lipinski definition) is 1. The lowest BCUT2D eigenvalue weighted by molar-refractivity contribution is 0.0749. The van der Waals surface area contributed by atoms with E-state index in [4.69, 9.17) is 11.6 Å². The van der Waals surface area contributed by atoms with Gasteiger partial charge in [-0.15, -0.1) is 0 Å². The molecule has 7 heteroatoms. The fourth-order valence-electron chi connectivity index (χ4n) is 2.51. The van der Waals surface area contributed by atoms with Gasteiger partial charge in [0, 0.05) is 25.5 Å². The lowest BCUT2D eigenvalue weighted by atomic mass is 10.1. The van der Waals surface area contributed by atoms with Crippen LogP contribution in [0.2, 0.25) is 5.02 Å². The van der Waals surface area contributed by atoms with E-state index in [0.29, 0.717) is 18.7 Å². The Morgan fingerprint density at radius 1 is 1.45 bits per heavy atom. The number of H-pyrrole nitrogens is 1. The number of aromatic nitrogens is 3. The SMILES string of the molecule is Cc1c2c(n(C)c(=O)c1Cl)CN(C(=O)c1cn[nH]c1)C2. The Hall–Kier alpha value is -2.08. The molecule has 1 amide bonds. The number of pyridine rings is 1. The molecule has 0 saturated heterocycles. The quantitative estimate of drug-likeness (QED) is 0.859. The van der Waals surface area contributed by atoms with Crippen LogP contribution in [0.1, 0.15) is 27.2 Å². The summed E-state index contributed by atoms with van der Waals surface area (Å²) in [4.78, 5) is 26.0. The summed E-state index contributed by atoms with van der Waals surface area (Å²) in [7, 11) is 1.68. The van der Waals surface area contributed by atoms with Gasteiger partial charge in [-0.2, -0.15) is 5.10 Å². The lowest BCUT2D eigenvalue weighted by Gasteiger charge is -2.13. The summed E-state index contributed by atoms with van der Waals surface area (Å²) in [6.45, 7) is 2.68. The zero-order valence-electron chi connectivity index (χ0n) is 11.1. The summed E-state index contributed by atoms with van der Waals surface area (Å²) < 4.78 is 1.52. The smallest absolute Gasteiger partial charge is 0.269 e. The Kier molecular flexibility index (Phi) is 2.90. The van der Waals surface area contributed by atoms with E-state index in [1.54, 1.807) is 18.1 Å². The fraction of sp³-hybridized carbons (Fsp3) is 0.308. The third-order valence-electron chi connectivity index (χ3n) is 3.75. The molecular formula is C13H13ClN4O2. The number of nitrogens with one attached hydrogen (secondary N) is 1. The number of nitrogens with zero attached hydrogens (tertiary/aromatic N) is 3. The monoisotopic (exact) mass is 292 g/mol. The van der Waals surface area contributed by atoms with E-state index in [1.807, 2.05) is 6.92 Å². The molecular weight excluding hydrogens is 280 g/mol. The van der Waals surface area contributed by atoms with Crippen LogP contribution in [-0.4, -0.2) is 25.6 Å². The van der Waals surface area contributed by atoms with E-state index >= 15 is 0 Å². The molecule has 3 rings (SSSR count). The summed E-state index contributed by atoms with van der Waals surface area (Å²) in [5.74, 6) is -0.113. The van der Waals surface area contributed by atoms with Crippen molar-refractivity contribution in [2.75, 3.05) is 0 Å². The van der Waals surface area contributed by atoms with Crippen LogP contribution in [0.15, 0.2) is 17.2 Å². The number of halogens is 1. The minimum Gasteiger partial charge on any atom is -0.328 e. The van der Waals surface area contributed by atoms with Crippen LogP contribution < -0.4 is 5.56 Å². The molecule has 1 aliphatic heterocycles. The number of carbonyl (C=O) groups is 1. The van der Waals surface area contributed by atoms with Crippen molar-refractivity contribution >= 4 is 17.5 Å². The van der Waals surface area contributed by atoms with E-state index in [9.17, 15) is 9.59 Å². The standard InChI is InChI=1S/C13H13ClN4O2/c1-7-9-5-18(12(19)8-3-15-16-4-8)6-10(9)17(2)13(20)11(7)14/h3-4H,5-6H2,1-2H3,(H,15,16). The van der Waals surface area contributed by atoms with Crippen LogP contribution in [0.3, 0.4) is 0 Å². The first-order valence-electron chi connectivity index (χ1n) is 6.15. The number of carbonyl (C=O) groups excluding carboxylic acids is 1. The van der Waals surface area contributed by atoms with Crippen molar-refractivity contribution < 1.29 is 4.79 Å². The van der Waals surface area contributed by atoms with Gasteiger partial charge in [0.15, 0.2) is 0 Å². The van der Waals surface area contributed by atoms with Gasteiger partial charge in [-0.3, -0.25) is 14.7 Å². The molecule has 2 aromatic rings. The second-order valence-corrected chi connectivity index (χ2v) is 5.25. The molecule has 1 N–H and O–H groups in total. The van der Waals surface area contributed by atoms with E-state index in [0.717, 1.165) is 16.8 Å². The van der Waals surface area contributed by atoms with E-state index in [2.05, 4.69) is 10.2 Å². The second-order valence-electron chi connectivity index (χ2n) is 4.88. The van der Waals surface area contributed by atoms with Crippen LogP contribution >= 0.6 is 11.6 Å². The first-order chi connectivity index (χ1) is 9.50. The molecule has 0 spiro atoms. The van der Waals surface area contributed by atoms with Gasteiger partial charge in [-0.1, -0.05) is 11.6 Å². The fourth-order valence-corrected chi connectivity index (χ4v) is 2.76. The van der Waals surface area contributed by atoms with Crippen LogP contribution in [0.25, 0.3) is 0 Å². The van der Waals surface area contributed by atoms with Gasteiger partial charge in [-0.05, 0) is 18.1 Å². The number of amides is 1. The van der Waals surface area contributed by atoms with Crippen LogP contribution in [0.4, 0.5) is 0 Å². The summed E-state index contributed by atoms with van der Waals surface area (Å²) >= 11 is 6.04. The highest BCUT2D eigenvalue weighted by molar-refractivity contribution is 6.31. The predicted octanol–water partition coefficient (Wildman–Crippen LogP) is 1.23. The van der Waals surface area contributed by atoms with Gasteiger partial charge < -0.3 is 9.47 Å². The molecule has 0 aliphatic carbocycles. The molecule has 2 aromatic heterocycles. The summed E-state index contributed by atoms with van der Waals surface area (Å²) in [6, 6.07) is 0. The third-order valence-corrected chi connectivity index (χ3v) is 4.19. The first-order valence-corrected chi connectivity index (χ1v) is 6.53. The van der Waals surface area contributed by atoms with Crippen LogP contribution in [0.5, 0.6) is 0 Å². The highest BCUT2D eigenvalue weighted by Crippen LogP contribution is 2.28. The average Bonchev–Trinajstić information content (AvgIpc) is 3.10. The van der Waals surface area contributed by atoms with Crippen molar-refractivity contribution in [3.63, 3.8) is 0 Å². The Morgan fingerprint density at radius 2 is 2.20 bits per heavy atom. The lowest BCUT2D eigenvalue weighted by Crippen LogP contribution is -2.26. The molecule has 0 unspecified atom stereocenters. The van der Waals surface area contributed by atoms with Crippen molar-refractivity contribution in [1.82, 2.24) is 19.7 Å². The van der Waals surface area contributed by atoms with Crippen molar-refractivity contribution in [2.24, 2.45) is 7.05 Å². The molecule has 1 aliphatic rings. The van der Waals surface area contributed by atoms with E-state index < -0.39 is 0 Å².